The normalized spacial score (nSPS) is 29.1. The highest BCUT2D eigenvalue weighted by Gasteiger charge is 2.28. The van der Waals surface area contributed by atoms with Gasteiger partial charge in [0, 0.05) is 7.05 Å². The van der Waals surface area contributed by atoms with Crippen LogP contribution < -0.4 is 0 Å². The van der Waals surface area contributed by atoms with Gasteiger partial charge in [0.05, 0.1) is 0 Å². The van der Waals surface area contributed by atoms with Crippen LogP contribution in [0.25, 0.3) is 0 Å². The van der Waals surface area contributed by atoms with Crippen molar-refractivity contribution in [1.29, 1.82) is 0 Å². The molecule has 0 radical (unpaired) electrons. The van der Waals surface area contributed by atoms with Crippen molar-refractivity contribution in [3.63, 3.8) is 0 Å². The molecule has 0 aromatic heterocycles. The van der Waals surface area contributed by atoms with Crippen molar-refractivity contribution in [2.75, 3.05) is 14.1 Å². The molecule has 3 nitrogen and oxygen atoms in total. The van der Waals surface area contributed by atoms with Gasteiger partial charge in [0.2, 0.25) is 0 Å². The number of hydrazone groups is 1. The van der Waals surface area contributed by atoms with E-state index in [2.05, 4.69) is 52.7 Å². The lowest BCUT2D eigenvalue weighted by atomic mass is 10.4. The third-order valence-corrected chi connectivity index (χ3v) is 2.90. The molecular weight excluding hydrogens is 229 g/mol. The molecule has 0 fully saturated rings. The molecular formula is C5H11IN3+. The van der Waals surface area contributed by atoms with Crippen molar-refractivity contribution >= 4 is 29.1 Å². The van der Waals surface area contributed by atoms with Crippen molar-refractivity contribution in [2.45, 2.75) is 13.0 Å². The first-order valence-electron chi connectivity index (χ1n) is 2.89. The molecule has 9 heavy (non-hydrogen) atoms. The van der Waals surface area contributed by atoms with Gasteiger partial charge in [0.25, 0.3) is 0 Å². The van der Waals surface area contributed by atoms with E-state index in [-0.39, 0.29) is 0 Å². The zero-order valence-electron chi connectivity index (χ0n) is 5.87. The molecule has 1 atom stereocenters. The predicted octanol–water partition coefficient (Wildman–Crippen LogP) is 0.515. The first-order valence-corrected chi connectivity index (χ1v) is 3.86. The molecule has 0 N–H and O–H groups in total. The lowest BCUT2D eigenvalue weighted by Gasteiger charge is -2.15. The average Bonchev–Trinajstić information content (AvgIpc) is 1.98. The zero-order valence-corrected chi connectivity index (χ0v) is 8.03. The Morgan fingerprint density at radius 3 is 2.33 bits per heavy atom. The Balaban J connectivity index is 2.70. The fraction of sp³-hybridized carbons (Fsp3) is 0.800. The summed E-state index contributed by atoms with van der Waals surface area (Å²) >= 11 is 2.25. The molecule has 0 spiro atoms. The van der Waals surface area contributed by atoms with Crippen molar-refractivity contribution in [1.82, 2.24) is 8.34 Å². The summed E-state index contributed by atoms with van der Waals surface area (Å²) in [6.07, 6.45) is 2.16. The van der Waals surface area contributed by atoms with Crippen molar-refractivity contribution < 1.29 is 4.68 Å². The maximum atomic E-state index is 2.25. The van der Waals surface area contributed by atoms with E-state index in [9.17, 15) is 0 Å². The quantitative estimate of drug-likeness (QED) is 0.347. The van der Waals surface area contributed by atoms with Gasteiger partial charge in [-0.2, -0.15) is 5.01 Å². The van der Waals surface area contributed by atoms with Crippen LogP contribution in [0, 0.1) is 0 Å². The average molecular weight is 240 g/mol. The number of rotatable bonds is 0. The Morgan fingerprint density at radius 1 is 1.67 bits per heavy atom. The van der Waals surface area contributed by atoms with Gasteiger partial charge in [-0.15, -0.1) is 4.68 Å². The highest BCUT2D eigenvalue weighted by atomic mass is 127. The zero-order chi connectivity index (χ0) is 7.02. The van der Waals surface area contributed by atoms with Crippen molar-refractivity contribution in [3.8, 4) is 0 Å². The van der Waals surface area contributed by atoms with E-state index in [1.807, 2.05) is 10.4 Å². The molecule has 1 aliphatic heterocycles. The fourth-order valence-electron chi connectivity index (χ4n) is 0.837. The van der Waals surface area contributed by atoms with Crippen LogP contribution in [-0.4, -0.2) is 39.4 Å². The van der Waals surface area contributed by atoms with Gasteiger partial charge in [-0.1, -0.05) is 0 Å². The lowest BCUT2D eigenvalue weighted by Crippen LogP contribution is -2.34. The Hall–Kier alpha value is 0.160. The SMILES string of the molecule is CC1C=[N+](C)N(I)N1C. The second-order valence-electron chi connectivity index (χ2n) is 2.28. The molecule has 0 aliphatic carbocycles. The topological polar surface area (TPSA) is 9.49 Å². The molecule has 0 aromatic carbocycles. The lowest BCUT2D eigenvalue weighted by molar-refractivity contribution is -0.639. The van der Waals surface area contributed by atoms with Crippen LogP contribution in [0.1, 0.15) is 6.92 Å². The van der Waals surface area contributed by atoms with Gasteiger partial charge in [-0.25, -0.2) is 0 Å². The van der Waals surface area contributed by atoms with Crippen LogP contribution in [0.3, 0.4) is 0 Å². The molecule has 52 valence electrons. The second-order valence-corrected chi connectivity index (χ2v) is 3.14. The fourth-order valence-corrected chi connectivity index (χ4v) is 1.37. The number of halogens is 1. The molecule has 0 bridgehead atoms. The molecule has 1 unspecified atom stereocenters. The minimum Gasteiger partial charge on any atom is -0.152 e. The summed E-state index contributed by atoms with van der Waals surface area (Å²) in [5.74, 6) is 0. The minimum absolute atomic E-state index is 0.520. The molecule has 4 heteroatoms. The van der Waals surface area contributed by atoms with E-state index in [0.717, 1.165) is 0 Å². The highest BCUT2D eigenvalue weighted by Crippen LogP contribution is 2.11. The molecule has 1 rings (SSSR count). The van der Waals surface area contributed by atoms with Crippen LogP contribution in [0.4, 0.5) is 0 Å². The van der Waals surface area contributed by atoms with Gasteiger partial charge >= 0.3 is 0 Å². The smallest absolute Gasteiger partial charge is 0.152 e. The Morgan fingerprint density at radius 2 is 2.22 bits per heavy atom. The number of hydrazine groups is 2. The second kappa shape index (κ2) is 2.42. The van der Waals surface area contributed by atoms with E-state index in [4.69, 9.17) is 0 Å². The molecule has 0 saturated carbocycles. The Kier molecular flexibility index (Phi) is 1.95. The third kappa shape index (κ3) is 1.19. The maximum Gasteiger partial charge on any atom is 0.191 e. The molecule has 1 heterocycles. The highest BCUT2D eigenvalue weighted by molar-refractivity contribution is 14.1. The maximum absolute atomic E-state index is 2.25. The Bertz CT molecular complexity index is 145. The van der Waals surface area contributed by atoms with E-state index < -0.39 is 0 Å². The van der Waals surface area contributed by atoms with E-state index >= 15 is 0 Å². The van der Waals surface area contributed by atoms with Gasteiger partial charge < -0.3 is 0 Å². The number of hydrogen-bond acceptors (Lipinski definition) is 2. The summed E-state index contributed by atoms with van der Waals surface area (Å²) in [4.78, 5) is 0. The minimum atomic E-state index is 0.520. The van der Waals surface area contributed by atoms with Gasteiger partial charge in [-0.3, -0.25) is 0 Å². The van der Waals surface area contributed by atoms with E-state index in [1.165, 1.54) is 0 Å². The summed E-state index contributed by atoms with van der Waals surface area (Å²) in [7, 11) is 4.10. The summed E-state index contributed by atoms with van der Waals surface area (Å²) in [6.45, 7) is 2.16. The van der Waals surface area contributed by atoms with Crippen molar-refractivity contribution in [3.05, 3.63) is 0 Å². The standard InChI is InChI=1S/C5H11IN3/c1-5-4-7(2)9(6)8(5)3/h4-5H,1-3H3/q+1. The van der Waals surface area contributed by atoms with Gasteiger partial charge in [0.1, 0.15) is 6.04 Å². The van der Waals surface area contributed by atoms with Crippen LogP contribution in [-0.2, 0) is 0 Å². The third-order valence-electron chi connectivity index (χ3n) is 1.54. The predicted molar refractivity (Wildman–Crippen MR) is 45.3 cm³/mol. The monoisotopic (exact) mass is 240 g/mol. The molecule has 0 aromatic rings. The molecule has 1 aliphatic rings. The number of nitrogens with zero attached hydrogens (tertiary/aromatic N) is 3. The van der Waals surface area contributed by atoms with Gasteiger partial charge in [0.15, 0.2) is 36.1 Å². The first-order chi connectivity index (χ1) is 4.13. The van der Waals surface area contributed by atoms with Crippen LogP contribution >= 0.6 is 22.9 Å². The summed E-state index contributed by atoms with van der Waals surface area (Å²) in [5.41, 5.74) is 0. The summed E-state index contributed by atoms with van der Waals surface area (Å²) in [5, 5.41) is 2.15. The molecule has 0 saturated heterocycles. The Labute approximate surface area is 69.4 Å². The van der Waals surface area contributed by atoms with Crippen LogP contribution in [0.5, 0.6) is 0 Å². The van der Waals surface area contributed by atoms with Crippen molar-refractivity contribution in [2.24, 2.45) is 0 Å². The van der Waals surface area contributed by atoms with Gasteiger partial charge in [-0.05, 0) is 10.3 Å². The van der Waals surface area contributed by atoms with E-state index in [1.54, 1.807) is 0 Å². The molecule has 0 amide bonds. The van der Waals surface area contributed by atoms with Crippen LogP contribution in [0.2, 0.25) is 0 Å². The number of hydrogen-bond donors (Lipinski definition) is 0. The summed E-state index contributed by atoms with van der Waals surface area (Å²) < 4.78 is 4.10. The first kappa shape index (κ1) is 7.27. The largest absolute Gasteiger partial charge is 0.191 e. The summed E-state index contributed by atoms with van der Waals surface area (Å²) in [6, 6.07) is 0.520. The van der Waals surface area contributed by atoms with Crippen LogP contribution in [0.15, 0.2) is 0 Å². The van der Waals surface area contributed by atoms with E-state index in [0.29, 0.717) is 6.04 Å².